The van der Waals surface area contributed by atoms with Gasteiger partial charge in [-0.2, -0.15) is 0 Å². The molecule has 7 nitrogen and oxygen atoms in total. The van der Waals surface area contributed by atoms with Gasteiger partial charge in [-0.3, -0.25) is 9.59 Å². The largest absolute Gasteiger partial charge is 0.356 e. The van der Waals surface area contributed by atoms with Crippen LogP contribution in [0.1, 0.15) is 13.3 Å². The van der Waals surface area contributed by atoms with E-state index in [4.69, 9.17) is 0 Å². The number of hydrogen-bond acceptors (Lipinski definition) is 5. The Morgan fingerprint density at radius 1 is 1.45 bits per heavy atom. The first-order valence-corrected chi connectivity index (χ1v) is 7.00. The monoisotopic (exact) mass is 279 g/mol. The van der Waals surface area contributed by atoms with Crippen molar-refractivity contribution in [2.24, 2.45) is 0 Å². The third-order valence-electron chi connectivity index (χ3n) is 3.25. The molecule has 0 aromatic carbocycles. The van der Waals surface area contributed by atoms with Gasteiger partial charge in [-0.25, -0.2) is 4.98 Å². The van der Waals surface area contributed by atoms with Gasteiger partial charge in [-0.05, 0) is 6.42 Å². The number of aromatic nitrogens is 2. The Morgan fingerprint density at radius 2 is 2.20 bits per heavy atom. The fourth-order valence-corrected chi connectivity index (χ4v) is 2.17. The minimum absolute atomic E-state index is 0.00130. The molecular weight excluding hydrogens is 258 g/mol. The summed E-state index contributed by atoms with van der Waals surface area (Å²) in [5.74, 6) is 0.239. The van der Waals surface area contributed by atoms with Crippen LogP contribution in [0.4, 0.5) is 5.82 Å². The summed E-state index contributed by atoms with van der Waals surface area (Å²) < 4.78 is 1.60. The Labute approximate surface area is 118 Å². The maximum Gasteiger partial charge on any atom is 0.293 e. The molecular formula is C13H21N5O2. The highest BCUT2D eigenvalue weighted by molar-refractivity contribution is 5.80. The number of carbonyl (C=O) groups is 1. The third kappa shape index (κ3) is 3.57. The number of carbonyl (C=O) groups excluding carboxylic acids is 1. The normalized spacial score (nSPS) is 15.2. The number of hydrogen-bond donors (Lipinski definition) is 2. The molecule has 1 aliphatic rings. The topological polar surface area (TPSA) is 79.3 Å². The van der Waals surface area contributed by atoms with Crippen molar-refractivity contribution in [1.82, 2.24) is 19.8 Å². The second-order valence-electron chi connectivity index (χ2n) is 4.76. The minimum Gasteiger partial charge on any atom is -0.356 e. The van der Waals surface area contributed by atoms with Crippen LogP contribution in [-0.4, -0.2) is 53.1 Å². The highest BCUT2D eigenvalue weighted by Gasteiger charge is 2.16. The van der Waals surface area contributed by atoms with E-state index >= 15 is 0 Å². The Morgan fingerprint density at radius 3 is 2.90 bits per heavy atom. The second kappa shape index (κ2) is 7.04. The zero-order chi connectivity index (χ0) is 14.4. The molecule has 2 rings (SSSR count). The van der Waals surface area contributed by atoms with E-state index in [1.165, 1.54) is 0 Å². The molecule has 2 N–H and O–H groups in total. The summed E-state index contributed by atoms with van der Waals surface area (Å²) in [4.78, 5) is 29.8. The van der Waals surface area contributed by atoms with Gasteiger partial charge in [-0.15, -0.1) is 0 Å². The van der Waals surface area contributed by atoms with Crippen LogP contribution in [-0.2, 0) is 11.3 Å². The van der Waals surface area contributed by atoms with Gasteiger partial charge in [0, 0.05) is 45.1 Å². The molecule has 0 spiro atoms. The summed E-state index contributed by atoms with van der Waals surface area (Å²) in [5, 5.41) is 6.05. The van der Waals surface area contributed by atoms with Gasteiger partial charge in [-0.1, -0.05) is 6.92 Å². The molecule has 1 aliphatic heterocycles. The van der Waals surface area contributed by atoms with E-state index in [2.05, 4.69) is 15.6 Å². The number of nitrogens with zero attached hydrogens (tertiary/aromatic N) is 3. The van der Waals surface area contributed by atoms with Crippen LogP contribution in [0.2, 0.25) is 0 Å². The molecule has 1 saturated heterocycles. The number of nitrogens with one attached hydrogen (secondary N) is 2. The van der Waals surface area contributed by atoms with Crippen LogP contribution in [0.3, 0.4) is 0 Å². The molecule has 0 atom stereocenters. The van der Waals surface area contributed by atoms with Crippen LogP contribution in [0, 0.1) is 0 Å². The van der Waals surface area contributed by atoms with Crippen LogP contribution in [0.15, 0.2) is 17.2 Å². The van der Waals surface area contributed by atoms with Gasteiger partial charge in [0.2, 0.25) is 5.91 Å². The lowest BCUT2D eigenvalue weighted by atomic mass is 10.3. The molecule has 20 heavy (non-hydrogen) atoms. The third-order valence-corrected chi connectivity index (χ3v) is 3.25. The van der Waals surface area contributed by atoms with Crippen molar-refractivity contribution >= 4 is 11.7 Å². The first kappa shape index (κ1) is 14.5. The highest BCUT2D eigenvalue weighted by atomic mass is 16.2. The van der Waals surface area contributed by atoms with Gasteiger partial charge in [0.25, 0.3) is 5.56 Å². The van der Waals surface area contributed by atoms with E-state index in [-0.39, 0.29) is 23.8 Å². The van der Waals surface area contributed by atoms with Crippen molar-refractivity contribution in [3.05, 3.63) is 22.7 Å². The Hall–Kier alpha value is -1.89. The fourth-order valence-electron chi connectivity index (χ4n) is 2.17. The van der Waals surface area contributed by atoms with E-state index in [1.807, 2.05) is 6.92 Å². The second-order valence-corrected chi connectivity index (χ2v) is 4.76. The van der Waals surface area contributed by atoms with Crippen molar-refractivity contribution in [3.63, 3.8) is 0 Å². The molecule has 0 saturated carbocycles. The predicted octanol–water partition coefficient (Wildman–Crippen LogP) is -0.503. The molecule has 0 aliphatic carbocycles. The van der Waals surface area contributed by atoms with Gasteiger partial charge < -0.3 is 20.1 Å². The average Bonchev–Trinajstić information content (AvgIpc) is 2.49. The average molecular weight is 279 g/mol. The van der Waals surface area contributed by atoms with Gasteiger partial charge in [0.1, 0.15) is 0 Å². The van der Waals surface area contributed by atoms with E-state index in [0.29, 0.717) is 19.6 Å². The number of amides is 1. The summed E-state index contributed by atoms with van der Waals surface area (Å²) >= 11 is 0. The van der Waals surface area contributed by atoms with Crippen molar-refractivity contribution in [2.45, 2.75) is 19.9 Å². The molecule has 1 aromatic heterocycles. The van der Waals surface area contributed by atoms with Crippen LogP contribution >= 0.6 is 0 Å². The van der Waals surface area contributed by atoms with Crippen molar-refractivity contribution < 1.29 is 4.79 Å². The zero-order valence-corrected chi connectivity index (χ0v) is 11.8. The predicted molar refractivity (Wildman–Crippen MR) is 76.7 cm³/mol. The fraction of sp³-hybridized carbons (Fsp3) is 0.615. The lowest BCUT2D eigenvalue weighted by molar-refractivity contribution is -0.129. The SMILES string of the molecule is CCCn1ccnc(NCC(=O)N2CCNCC2)c1=O. The molecule has 0 unspecified atom stereocenters. The van der Waals surface area contributed by atoms with Crippen LogP contribution < -0.4 is 16.2 Å². The van der Waals surface area contributed by atoms with Gasteiger partial charge in [0.15, 0.2) is 5.82 Å². The van der Waals surface area contributed by atoms with E-state index in [9.17, 15) is 9.59 Å². The Balaban J connectivity index is 1.95. The molecule has 1 amide bonds. The smallest absolute Gasteiger partial charge is 0.293 e. The molecule has 1 fully saturated rings. The summed E-state index contributed by atoms with van der Waals surface area (Å²) in [6.45, 7) is 5.83. The molecule has 0 radical (unpaired) electrons. The van der Waals surface area contributed by atoms with E-state index in [1.54, 1.807) is 21.9 Å². The lowest BCUT2D eigenvalue weighted by Gasteiger charge is -2.27. The van der Waals surface area contributed by atoms with Gasteiger partial charge >= 0.3 is 0 Å². The molecule has 1 aromatic rings. The number of piperazine rings is 1. The lowest BCUT2D eigenvalue weighted by Crippen LogP contribution is -2.48. The summed E-state index contributed by atoms with van der Waals surface area (Å²) in [6.07, 6.45) is 4.12. The Bertz CT molecular complexity index is 508. The summed E-state index contributed by atoms with van der Waals surface area (Å²) in [5.41, 5.74) is -0.178. The number of aryl methyl sites for hydroxylation is 1. The molecule has 2 heterocycles. The van der Waals surface area contributed by atoms with E-state index < -0.39 is 0 Å². The van der Waals surface area contributed by atoms with Crippen molar-refractivity contribution in [2.75, 3.05) is 38.0 Å². The maximum atomic E-state index is 12.1. The van der Waals surface area contributed by atoms with Crippen LogP contribution in [0.5, 0.6) is 0 Å². The van der Waals surface area contributed by atoms with Crippen LogP contribution in [0.25, 0.3) is 0 Å². The number of anilines is 1. The number of rotatable bonds is 5. The summed E-state index contributed by atoms with van der Waals surface area (Å²) in [6, 6.07) is 0. The zero-order valence-electron chi connectivity index (χ0n) is 11.8. The molecule has 0 bridgehead atoms. The molecule has 7 heteroatoms. The van der Waals surface area contributed by atoms with Crippen molar-refractivity contribution in [3.8, 4) is 0 Å². The summed E-state index contributed by atoms with van der Waals surface area (Å²) in [7, 11) is 0. The minimum atomic E-state index is -0.178. The maximum absolute atomic E-state index is 12.1. The first-order valence-electron chi connectivity index (χ1n) is 7.00. The molecule has 110 valence electrons. The van der Waals surface area contributed by atoms with Crippen molar-refractivity contribution in [1.29, 1.82) is 0 Å². The Kier molecular flexibility index (Phi) is 5.11. The first-order chi connectivity index (χ1) is 9.72. The van der Waals surface area contributed by atoms with E-state index in [0.717, 1.165) is 19.5 Å². The standard InChI is InChI=1S/C13H21N5O2/c1-2-6-18-9-5-15-12(13(18)20)16-10-11(19)17-7-3-14-4-8-17/h5,9,14H,2-4,6-8,10H2,1H3,(H,15,16). The quantitative estimate of drug-likeness (QED) is 0.759. The highest BCUT2D eigenvalue weighted by Crippen LogP contribution is 1.97. The van der Waals surface area contributed by atoms with Gasteiger partial charge in [0.05, 0.1) is 6.54 Å².